The minimum atomic E-state index is -1.64. The van der Waals surface area contributed by atoms with Crippen molar-refractivity contribution in [1.82, 2.24) is 0 Å². The molecule has 1 spiro atoms. The molecular formula is C34H48O6. The summed E-state index contributed by atoms with van der Waals surface area (Å²) in [6.45, 7) is 14.1. The Morgan fingerprint density at radius 2 is 1.88 bits per heavy atom. The van der Waals surface area contributed by atoms with E-state index >= 15 is 0 Å². The maximum Gasteiger partial charge on any atom is 0.316 e. The molecule has 6 heteroatoms. The molecule has 0 aromatic carbocycles. The first-order chi connectivity index (χ1) is 18.9. The molecule has 1 aliphatic carbocycles. The van der Waals surface area contributed by atoms with Crippen LogP contribution in [0.2, 0.25) is 0 Å². The molecule has 1 N–H and O–H groups in total. The van der Waals surface area contributed by atoms with Crippen LogP contribution >= 0.6 is 0 Å². The molecule has 2 bridgehead atoms. The van der Waals surface area contributed by atoms with Gasteiger partial charge < -0.3 is 19.3 Å². The van der Waals surface area contributed by atoms with Crippen LogP contribution in [0.25, 0.3) is 0 Å². The van der Waals surface area contributed by atoms with Crippen molar-refractivity contribution in [1.29, 1.82) is 0 Å². The Labute approximate surface area is 240 Å². The van der Waals surface area contributed by atoms with E-state index in [1.54, 1.807) is 19.9 Å². The van der Waals surface area contributed by atoms with Crippen molar-refractivity contribution in [3.63, 3.8) is 0 Å². The molecule has 4 rings (SSSR count). The Kier molecular flexibility index (Phi) is 9.43. The third-order valence-electron chi connectivity index (χ3n) is 9.37. The molecule has 40 heavy (non-hydrogen) atoms. The van der Waals surface area contributed by atoms with Gasteiger partial charge in [-0.1, -0.05) is 55.9 Å². The Morgan fingerprint density at radius 1 is 1.12 bits per heavy atom. The second-order valence-electron chi connectivity index (χ2n) is 12.8. The number of hydrogen-bond acceptors (Lipinski definition) is 6. The summed E-state index contributed by atoms with van der Waals surface area (Å²) < 4.78 is 19.7. The van der Waals surface area contributed by atoms with Crippen molar-refractivity contribution < 1.29 is 28.9 Å². The van der Waals surface area contributed by atoms with Gasteiger partial charge in [-0.25, -0.2) is 0 Å². The van der Waals surface area contributed by atoms with E-state index in [1.807, 2.05) is 19.1 Å². The summed E-state index contributed by atoms with van der Waals surface area (Å²) in [6.07, 6.45) is 15.3. The van der Waals surface area contributed by atoms with Crippen molar-refractivity contribution in [3.05, 3.63) is 58.7 Å². The number of esters is 1. The number of ether oxygens (including phenoxy) is 3. The quantitative estimate of drug-likeness (QED) is 0.288. The Hall–Kier alpha value is -2.28. The first-order valence-electron chi connectivity index (χ1n) is 15.0. The zero-order valence-electron chi connectivity index (χ0n) is 25.4. The molecule has 3 heterocycles. The van der Waals surface area contributed by atoms with Gasteiger partial charge in [-0.15, -0.1) is 0 Å². The molecule has 0 radical (unpaired) electrons. The van der Waals surface area contributed by atoms with Crippen molar-refractivity contribution in [2.75, 3.05) is 0 Å². The van der Waals surface area contributed by atoms with E-state index in [2.05, 4.69) is 45.9 Å². The number of carbonyl (C=O) groups excluding carboxylic acids is 2. The highest BCUT2D eigenvalue weighted by Crippen LogP contribution is 2.45. The average Bonchev–Trinajstić information content (AvgIpc) is 2.90. The fraction of sp³-hybridized carbons (Fsp3) is 0.647. The van der Waals surface area contributed by atoms with E-state index in [0.29, 0.717) is 36.3 Å². The molecule has 8 atom stereocenters. The second-order valence-corrected chi connectivity index (χ2v) is 12.8. The molecule has 3 aliphatic heterocycles. The van der Waals surface area contributed by atoms with Gasteiger partial charge in [0.05, 0.1) is 12.2 Å². The topological polar surface area (TPSA) is 82.1 Å². The predicted octanol–water partition coefficient (Wildman–Crippen LogP) is 6.70. The van der Waals surface area contributed by atoms with Crippen molar-refractivity contribution in [3.8, 4) is 0 Å². The molecule has 2 saturated heterocycles. The van der Waals surface area contributed by atoms with E-state index in [9.17, 15) is 14.7 Å². The number of ketones is 1. The Bertz CT molecular complexity index is 1140. The second kappa shape index (κ2) is 12.3. The molecule has 220 valence electrons. The molecule has 2 fully saturated rings. The van der Waals surface area contributed by atoms with Gasteiger partial charge in [-0.05, 0) is 82.4 Å². The van der Waals surface area contributed by atoms with Gasteiger partial charge >= 0.3 is 5.97 Å². The summed E-state index contributed by atoms with van der Waals surface area (Å²) in [6, 6.07) is 0. The smallest absolute Gasteiger partial charge is 0.316 e. The van der Waals surface area contributed by atoms with E-state index in [1.165, 1.54) is 11.1 Å². The van der Waals surface area contributed by atoms with Crippen LogP contribution in [0.1, 0.15) is 93.4 Å². The number of allylic oxidation sites excluding steroid dienone is 6. The highest BCUT2D eigenvalue weighted by molar-refractivity contribution is 5.99. The monoisotopic (exact) mass is 552 g/mol. The minimum absolute atomic E-state index is 0.0514. The van der Waals surface area contributed by atoms with Crippen LogP contribution in [0.4, 0.5) is 0 Å². The normalized spacial score (nSPS) is 43.5. The predicted molar refractivity (Wildman–Crippen MR) is 156 cm³/mol. The zero-order valence-corrected chi connectivity index (χ0v) is 25.4. The van der Waals surface area contributed by atoms with Gasteiger partial charge in [0.15, 0.2) is 11.6 Å². The van der Waals surface area contributed by atoms with Crippen molar-refractivity contribution in [2.45, 2.75) is 123 Å². The van der Waals surface area contributed by atoms with E-state index in [0.717, 1.165) is 19.3 Å². The number of rotatable bonds is 1. The minimum Gasteiger partial charge on any atom is -0.462 e. The van der Waals surface area contributed by atoms with Crippen LogP contribution in [-0.4, -0.2) is 46.6 Å². The van der Waals surface area contributed by atoms with Gasteiger partial charge in [0, 0.05) is 25.7 Å². The third kappa shape index (κ3) is 6.61. The first-order valence-corrected chi connectivity index (χ1v) is 15.0. The fourth-order valence-electron chi connectivity index (χ4n) is 6.69. The lowest BCUT2D eigenvalue weighted by Gasteiger charge is -2.50. The van der Waals surface area contributed by atoms with Crippen LogP contribution in [0, 0.1) is 17.8 Å². The lowest BCUT2D eigenvalue weighted by molar-refractivity contribution is -0.329. The SMILES string of the molecule is C/C=C(\C)[C@H]1O[C@]2(CC[C@@H]1C)C[C@@H]1C[C@@H](C/C=C(\C)C[C@@H](C)/C=C/C=C(\C)[C@]3(O)CC(=O)C(C)=C[C@H]3C(=O)O1)O2. The summed E-state index contributed by atoms with van der Waals surface area (Å²) in [7, 11) is 0. The summed E-state index contributed by atoms with van der Waals surface area (Å²) in [5.41, 5.74) is 1.87. The average molecular weight is 553 g/mol. The molecule has 0 aromatic rings. The van der Waals surface area contributed by atoms with Crippen molar-refractivity contribution in [2.24, 2.45) is 17.8 Å². The molecule has 0 saturated carbocycles. The molecular weight excluding hydrogens is 504 g/mol. The van der Waals surface area contributed by atoms with Crippen LogP contribution in [0.5, 0.6) is 0 Å². The highest BCUT2D eigenvalue weighted by Gasteiger charge is 2.51. The lowest BCUT2D eigenvalue weighted by Crippen LogP contribution is -2.55. The van der Waals surface area contributed by atoms with Crippen LogP contribution in [-0.2, 0) is 23.8 Å². The number of fused-ring (bicyclic) bond motifs is 3. The van der Waals surface area contributed by atoms with Gasteiger partial charge in [0.2, 0.25) is 0 Å². The van der Waals surface area contributed by atoms with Gasteiger partial charge in [0.25, 0.3) is 0 Å². The van der Waals surface area contributed by atoms with Gasteiger partial charge in [0.1, 0.15) is 17.6 Å². The molecule has 0 aromatic heterocycles. The van der Waals surface area contributed by atoms with Gasteiger partial charge in [-0.3, -0.25) is 9.59 Å². The fourth-order valence-corrected chi connectivity index (χ4v) is 6.69. The van der Waals surface area contributed by atoms with Crippen LogP contribution in [0.15, 0.2) is 58.7 Å². The Balaban J connectivity index is 1.72. The molecule has 0 amide bonds. The maximum atomic E-state index is 13.8. The first kappa shape index (κ1) is 30.7. The van der Waals surface area contributed by atoms with E-state index in [-0.39, 0.29) is 30.3 Å². The maximum absolute atomic E-state index is 13.8. The van der Waals surface area contributed by atoms with Crippen LogP contribution < -0.4 is 0 Å². The number of aliphatic hydroxyl groups is 1. The molecule has 6 nitrogen and oxygen atoms in total. The number of carbonyl (C=O) groups is 2. The standard InChI is InChI=1S/C34H48O6/c1-8-23(4)31-24(5)14-15-33(40-31)19-28-18-27(39-33)13-12-22(3)16-21(2)10-9-11-26(7)34(37)20-30(35)25(6)17-29(34)32(36)38-28/h8-12,17,21,24,27-29,31,37H,13-16,18-20H2,1-7H3/b10-9+,22-12+,23-8+,26-11+/t21-,24-,27+,28-,29-,31+,33+,34+/m0/s1. The summed E-state index contributed by atoms with van der Waals surface area (Å²) in [4.78, 5) is 26.5. The van der Waals surface area contributed by atoms with Gasteiger partial charge in [-0.2, -0.15) is 0 Å². The Morgan fingerprint density at radius 3 is 2.60 bits per heavy atom. The van der Waals surface area contributed by atoms with Crippen LogP contribution in [0.3, 0.4) is 0 Å². The number of Topliss-reactive ketones (excluding diaryl/α,β-unsaturated/α-hetero) is 1. The summed E-state index contributed by atoms with van der Waals surface area (Å²) >= 11 is 0. The molecule has 4 aliphatic rings. The highest BCUT2D eigenvalue weighted by atomic mass is 16.7. The van der Waals surface area contributed by atoms with E-state index < -0.39 is 29.4 Å². The summed E-state index contributed by atoms with van der Waals surface area (Å²) in [5, 5.41) is 11.8. The number of hydrogen-bond donors (Lipinski definition) is 1. The third-order valence-corrected chi connectivity index (χ3v) is 9.37. The van der Waals surface area contributed by atoms with Crippen molar-refractivity contribution >= 4 is 11.8 Å². The zero-order chi connectivity index (χ0) is 29.2. The molecule has 0 unspecified atom stereocenters. The summed E-state index contributed by atoms with van der Waals surface area (Å²) in [5.74, 6) is -1.82. The van der Waals surface area contributed by atoms with E-state index in [4.69, 9.17) is 14.2 Å². The lowest BCUT2D eigenvalue weighted by atomic mass is 9.72. The largest absolute Gasteiger partial charge is 0.462 e.